The van der Waals surface area contributed by atoms with Gasteiger partial charge in [-0.2, -0.15) is 0 Å². The van der Waals surface area contributed by atoms with Crippen LogP contribution in [0.2, 0.25) is 0 Å². The smallest absolute Gasteiger partial charge is 0.122 e. The van der Waals surface area contributed by atoms with Gasteiger partial charge in [-0.15, -0.1) is 0 Å². The summed E-state index contributed by atoms with van der Waals surface area (Å²) in [7, 11) is 0. The van der Waals surface area contributed by atoms with Crippen LogP contribution in [0.5, 0.6) is 5.75 Å². The Morgan fingerprint density at radius 1 is 1.33 bits per heavy atom. The molecule has 2 heteroatoms. The van der Waals surface area contributed by atoms with E-state index in [0.717, 1.165) is 50.0 Å². The number of fused-ring (bicyclic) bond motifs is 1. The summed E-state index contributed by atoms with van der Waals surface area (Å²) in [6.45, 7) is 5.21. The molecule has 0 amide bonds. The Kier molecular flexibility index (Phi) is 4.65. The quantitative estimate of drug-likeness (QED) is 0.857. The van der Waals surface area contributed by atoms with E-state index >= 15 is 0 Å². The minimum Gasteiger partial charge on any atom is -0.493 e. The summed E-state index contributed by atoms with van der Waals surface area (Å²) >= 11 is 0. The molecule has 0 spiro atoms. The number of hydrogen-bond donors (Lipinski definition) is 1. The molecule has 18 heavy (non-hydrogen) atoms. The van der Waals surface area contributed by atoms with E-state index in [4.69, 9.17) is 4.74 Å². The third-order valence-electron chi connectivity index (χ3n) is 4.06. The molecule has 0 heterocycles. The highest BCUT2D eigenvalue weighted by atomic mass is 16.5. The standard InChI is InChI=1S/C16H24O2/c1-3-12(4-2)11-18-16-10-6-7-13-14(16)8-5-9-15(13)17/h6-7,10,12,15,17H,3-5,8-9,11H2,1-2H3. The van der Waals surface area contributed by atoms with E-state index in [0.29, 0.717) is 5.92 Å². The highest BCUT2D eigenvalue weighted by Crippen LogP contribution is 2.35. The van der Waals surface area contributed by atoms with Gasteiger partial charge in [0.15, 0.2) is 0 Å². The van der Waals surface area contributed by atoms with E-state index in [9.17, 15) is 5.11 Å². The van der Waals surface area contributed by atoms with Gasteiger partial charge in [0.25, 0.3) is 0 Å². The van der Waals surface area contributed by atoms with E-state index in [1.807, 2.05) is 18.2 Å². The van der Waals surface area contributed by atoms with Crippen LogP contribution in [0.3, 0.4) is 0 Å². The molecule has 2 nitrogen and oxygen atoms in total. The van der Waals surface area contributed by atoms with Crippen LogP contribution < -0.4 is 4.74 Å². The molecule has 0 saturated heterocycles. The summed E-state index contributed by atoms with van der Waals surface area (Å²) < 4.78 is 5.99. The minimum atomic E-state index is -0.301. The van der Waals surface area contributed by atoms with Gasteiger partial charge in [-0.25, -0.2) is 0 Å². The van der Waals surface area contributed by atoms with Gasteiger partial charge in [-0.05, 0) is 42.4 Å². The van der Waals surface area contributed by atoms with E-state index < -0.39 is 0 Å². The lowest BCUT2D eigenvalue weighted by atomic mass is 9.89. The summed E-state index contributed by atoms with van der Waals surface area (Å²) in [6.07, 6.45) is 4.99. The van der Waals surface area contributed by atoms with Crippen molar-refractivity contribution in [1.29, 1.82) is 0 Å². The van der Waals surface area contributed by atoms with E-state index in [1.165, 1.54) is 5.56 Å². The van der Waals surface area contributed by atoms with Gasteiger partial charge >= 0.3 is 0 Å². The average molecular weight is 248 g/mol. The molecule has 1 aromatic carbocycles. The number of ether oxygens (including phenoxy) is 1. The third-order valence-corrected chi connectivity index (χ3v) is 4.06. The van der Waals surface area contributed by atoms with Crippen LogP contribution in [0.15, 0.2) is 18.2 Å². The molecular weight excluding hydrogens is 224 g/mol. The minimum absolute atomic E-state index is 0.301. The Labute approximate surface area is 110 Å². The van der Waals surface area contributed by atoms with Crippen molar-refractivity contribution in [3.8, 4) is 5.75 Å². The molecule has 1 unspecified atom stereocenters. The first-order valence-corrected chi connectivity index (χ1v) is 7.18. The average Bonchev–Trinajstić information content (AvgIpc) is 2.41. The predicted molar refractivity (Wildman–Crippen MR) is 73.9 cm³/mol. The second-order valence-electron chi connectivity index (χ2n) is 5.23. The van der Waals surface area contributed by atoms with Gasteiger partial charge in [0, 0.05) is 0 Å². The molecule has 1 aliphatic rings. The maximum absolute atomic E-state index is 10.00. The molecule has 0 bridgehead atoms. The number of rotatable bonds is 5. The molecule has 100 valence electrons. The lowest BCUT2D eigenvalue weighted by molar-refractivity contribution is 0.154. The molecule has 1 aliphatic carbocycles. The fourth-order valence-electron chi connectivity index (χ4n) is 2.66. The van der Waals surface area contributed by atoms with Gasteiger partial charge in [0.1, 0.15) is 5.75 Å². The van der Waals surface area contributed by atoms with Crippen LogP contribution in [-0.2, 0) is 6.42 Å². The summed E-state index contributed by atoms with van der Waals surface area (Å²) in [5, 5.41) is 10.00. The van der Waals surface area contributed by atoms with Crippen LogP contribution in [0.4, 0.5) is 0 Å². The number of aliphatic hydroxyl groups is 1. The van der Waals surface area contributed by atoms with Gasteiger partial charge in [-0.1, -0.05) is 38.8 Å². The molecule has 1 aromatic rings. The van der Waals surface area contributed by atoms with Crippen molar-refractivity contribution in [3.63, 3.8) is 0 Å². The summed E-state index contributed by atoms with van der Waals surface area (Å²) in [5.74, 6) is 1.62. The Bertz CT molecular complexity index is 383. The van der Waals surface area contributed by atoms with Gasteiger partial charge in [-0.3, -0.25) is 0 Å². The monoisotopic (exact) mass is 248 g/mol. The number of benzene rings is 1. The van der Waals surface area contributed by atoms with Crippen LogP contribution in [0, 0.1) is 5.92 Å². The van der Waals surface area contributed by atoms with Gasteiger partial charge in [0.2, 0.25) is 0 Å². The Morgan fingerprint density at radius 2 is 2.11 bits per heavy atom. The van der Waals surface area contributed by atoms with Crippen molar-refractivity contribution in [3.05, 3.63) is 29.3 Å². The summed E-state index contributed by atoms with van der Waals surface area (Å²) in [6, 6.07) is 6.07. The first-order chi connectivity index (χ1) is 8.76. The molecule has 0 fully saturated rings. The fraction of sp³-hybridized carbons (Fsp3) is 0.625. The maximum Gasteiger partial charge on any atom is 0.122 e. The normalized spacial score (nSPS) is 18.8. The molecule has 0 aliphatic heterocycles. The molecule has 1 N–H and O–H groups in total. The van der Waals surface area contributed by atoms with Crippen molar-refractivity contribution in [2.75, 3.05) is 6.61 Å². The van der Waals surface area contributed by atoms with Crippen LogP contribution in [-0.4, -0.2) is 11.7 Å². The van der Waals surface area contributed by atoms with Crippen molar-refractivity contribution < 1.29 is 9.84 Å². The highest BCUT2D eigenvalue weighted by molar-refractivity contribution is 5.42. The SMILES string of the molecule is CCC(CC)COc1cccc2c1CCCC2O. The topological polar surface area (TPSA) is 29.5 Å². The summed E-state index contributed by atoms with van der Waals surface area (Å²) in [4.78, 5) is 0. The van der Waals surface area contributed by atoms with E-state index in [-0.39, 0.29) is 6.10 Å². The Hall–Kier alpha value is -1.02. The fourth-order valence-corrected chi connectivity index (χ4v) is 2.66. The van der Waals surface area contributed by atoms with Gasteiger partial charge < -0.3 is 9.84 Å². The van der Waals surface area contributed by atoms with Crippen molar-refractivity contribution in [2.45, 2.75) is 52.1 Å². The lowest BCUT2D eigenvalue weighted by Crippen LogP contribution is -2.14. The maximum atomic E-state index is 10.00. The molecule has 1 atom stereocenters. The highest BCUT2D eigenvalue weighted by Gasteiger charge is 2.21. The zero-order valence-electron chi connectivity index (χ0n) is 11.5. The number of aliphatic hydroxyl groups excluding tert-OH is 1. The number of hydrogen-bond acceptors (Lipinski definition) is 2. The van der Waals surface area contributed by atoms with Crippen LogP contribution >= 0.6 is 0 Å². The van der Waals surface area contributed by atoms with E-state index in [1.54, 1.807) is 0 Å². The molecular formula is C16H24O2. The first-order valence-electron chi connectivity index (χ1n) is 7.18. The zero-order valence-corrected chi connectivity index (χ0v) is 11.5. The van der Waals surface area contributed by atoms with Gasteiger partial charge in [0.05, 0.1) is 12.7 Å². The van der Waals surface area contributed by atoms with Crippen LogP contribution in [0.1, 0.15) is 56.8 Å². The van der Waals surface area contributed by atoms with Crippen molar-refractivity contribution in [2.24, 2.45) is 5.92 Å². The second kappa shape index (κ2) is 6.24. The Balaban J connectivity index is 2.11. The lowest BCUT2D eigenvalue weighted by Gasteiger charge is -2.24. The zero-order chi connectivity index (χ0) is 13.0. The second-order valence-corrected chi connectivity index (χ2v) is 5.23. The van der Waals surface area contributed by atoms with Crippen molar-refractivity contribution >= 4 is 0 Å². The molecule has 0 aromatic heterocycles. The van der Waals surface area contributed by atoms with Crippen LogP contribution in [0.25, 0.3) is 0 Å². The largest absolute Gasteiger partial charge is 0.493 e. The predicted octanol–water partition coefficient (Wildman–Crippen LogP) is 3.87. The summed E-state index contributed by atoms with van der Waals surface area (Å²) in [5.41, 5.74) is 2.30. The van der Waals surface area contributed by atoms with E-state index in [2.05, 4.69) is 13.8 Å². The van der Waals surface area contributed by atoms with Crippen molar-refractivity contribution in [1.82, 2.24) is 0 Å². The molecule has 0 radical (unpaired) electrons. The third kappa shape index (κ3) is 2.86. The first kappa shape index (κ1) is 13.4. The Morgan fingerprint density at radius 3 is 2.83 bits per heavy atom. The molecule has 0 saturated carbocycles. The molecule has 2 rings (SSSR count).